The fraction of sp³-hybridized carbons (Fsp3) is 0.188. The molecule has 0 aromatic heterocycles. The molecule has 5 heteroatoms. The topological polar surface area (TPSA) is 27.3 Å². The molecule has 3 nitrogen and oxygen atoms in total. The quantitative estimate of drug-likeness (QED) is 0.836. The Morgan fingerprint density at radius 2 is 1.86 bits per heavy atom. The Bertz CT molecular complexity index is 611. The molecule has 21 heavy (non-hydrogen) atoms. The van der Waals surface area contributed by atoms with Crippen LogP contribution in [0.2, 0.25) is 5.02 Å². The van der Waals surface area contributed by atoms with Crippen LogP contribution in [0.5, 0.6) is 0 Å². The molecule has 0 aliphatic carbocycles. The lowest BCUT2D eigenvalue weighted by Crippen LogP contribution is -2.27. The van der Waals surface area contributed by atoms with Gasteiger partial charge in [0.2, 0.25) is 0 Å². The summed E-state index contributed by atoms with van der Waals surface area (Å²) in [5.74, 6) is 0. The molecule has 2 N–H and O–H groups in total. The van der Waals surface area contributed by atoms with Gasteiger partial charge < -0.3 is 15.5 Å². The summed E-state index contributed by atoms with van der Waals surface area (Å²) in [7, 11) is 4.05. The van der Waals surface area contributed by atoms with Gasteiger partial charge in [-0.05, 0) is 48.1 Å². The summed E-state index contributed by atoms with van der Waals surface area (Å²) in [4.78, 5) is 2.07. The highest BCUT2D eigenvalue weighted by molar-refractivity contribution is 7.80. The Hall–Kier alpha value is -1.78. The second-order valence-electron chi connectivity index (χ2n) is 4.88. The highest BCUT2D eigenvalue weighted by atomic mass is 35.5. The predicted molar refractivity (Wildman–Crippen MR) is 95.3 cm³/mol. The van der Waals surface area contributed by atoms with Crippen LogP contribution in [0.15, 0.2) is 48.5 Å². The molecule has 0 bridgehead atoms. The number of nitrogens with one attached hydrogen (secondary N) is 2. The summed E-state index contributed by atoms with van der Waals surface area (Å²) in [6.07, 6.45) is 0. The molecule has 0 amide bonds. The van der Waals surface area contributed by atoms with E-state index in [2.05, 4.69) is 39.8 Å². The van der Waals surface area contributed by atoms with Crippen molar-refractivity contribution < 1.29 is 0 Å². The third kappa shape index (κ3) is 4.92. The lowest BCUT2D eigenvalue weighted by molar-refractivity contribution is 0.925. The molecule has 0 atom stereocenters. The van der Waals surface area contributed by atoms with Crippen molar-refractivity contribution in [3.63, 3.8) is 0 Å². The number of hydrogen-bond donors (Lipinski definition) is 2. The number of rotatable bonds is 4. The fourth-order valence-electron chi connectivity index (χ4n) is 1.84. The van der Waals surface area contributed by atoms with Crippen LogP contribution in [0.3, 0.4) is 0 Å². The van der Waals surface area contributed by atoms with E-state index in [0.29, 0.717) is 16.7 Å². The summed E-state index contributed by atoms with van der Waals surface area (Å²) < 4.78 is 0. The van der Waals surface area contributed by atoms with Crippen LogP contribution in [-0.4, -0.2) is 19.2 Å². The zero-order valence-electron chi connectivity index (χ0n) is 12.1. The molecule has 0 fully saturated rings. The van der Waals surface area contributed by atoms with Crippen molar-refractivity contribution in [2.45, 2.75) is 6.54 Å². The van der Waals surface area contributed by atoms with E-state index >= 15 is 0 Å². The SMILES string of the molecule is CN(C)c1ccc(CNC(=S)Nc2cccc(Cl)c2)cc1. The first-order valence-electron chi connectivity index (χ1n) is 6.61. The summed E-state index contributed by atoms with van der Waals surface area (Å²) in [5.41, 5.74) is 3.23. The van der Waals surface area contributed by atoms with Gasteiger partial charge >= 0.3 is 0 Å². The standard InChI is InChI=1S/C16H18ClN3S/c1-20(2)15-8-6-12(7-9-15)11-18-16(21)19-14-5-3-4-13(17)10-14/h3-10H,11H2,1-2H3,(H2,18,19,21). The van der Waals surface area contributed by atoms with Gasteiger partial charge in [0, 0.05) is 37.0 Å². The first-order chi connectivity index (χ1) is 10.0. The Morgan fingerprint density at radius 3 is 2.48 bits per heavy atom. The van der Waals surface area contributed by atoms with Crippen molar-refractivity contribution in [3.05, 3.63) is 59.1 Å². The summed E-state index contributed by atoms with van der Waals surface area (Å²) in [6, 6.07) is 15.8. The maximum atomic E-state index is 5.93. The zero-order valence-corrected chi connectivity index (χ0v) is 13.6. The molecule has 0 aliphatic heterocycles. The third-order valence-corrected chi connectivity index (χ3v) is 3.47. The van der Waals surface area contributed by atoms with Gasteiger partial charge in [-0.25, -0.2) is 0 Å². The Labute approximate surface area is 135 Å². The van der Waals surface area contributed by atoms with Gasteiger partial charge in [-0.3, -0.25) is 0 Å². The molecule has 0 heterocycles. The molecule has 2 aromatic carbocycles. The van der Waals surface area contributed by atoms with Crippen LogP contribution >= 0.6 is 23.8 Å². The Kier molecular flexibility index (Phi) is 5.42. The summed E-state index contributed by atoms with van der Waals surface area (Å²) in [6.45, 7) is 0.681. The van der Waals surface area contributed by atoms with Crippen LogP contribution in [0.1, 0.15) is 5.56 Å². The van der Waals surface area contributed by atoms with Gasteiger partial charge in [-0.2, -0.15) is 0 Å². The van der Waals surface area contributed by atoms with Gasteiger partial charge in [0.05, 0.1) is 0 Å². The van der Waals surface area contributed by atoms with E-state index in [0.717, 1.165) is 5.69 Å². The predicted octanol–water partition coefficient (Wildman–Crippen LogP) is 3.89. The molecule has 0 aliphatic rings. The van der Waals surface area contributed by atoms with Crippen LogP contribution in [0.25, 0.3) is 0 Å². The lowest BCUT2D eigenvalue weighted by Gasteiger charge is -2.14. The van der Waals surface area contributed by atoms with Crippen molar-refractivity contribution in [1.29, 1.82) is 0 Å². The van der Waals surface area contributed by atoms with E-state index in [4.69, 9.17) is 23.8 Å². The monoisotopic (exact) mass is 319 g/mol. The van der Waals surface area contributed by atoms with Crippen molar-refractivity contribution >= 4 is 40.3 Å². The molecule has 0 spiro atoms. The van der Waals surface area contributed by atoms with Gasteiger partial charge in [-0.1, -0.05) is 29.8 Å². The van der Waals surface area contributed by atoms with E-state index in [-0.39, 0.29) is 0 Å². The number of thiocarbonyl (C=S) groups is 1. The number of anilines is 2. The van der Waals surface area contributed by atoms with E-state index < -0.39 is 0 Å². The largest absolute Gasteiger partial charge is 0.378 e. The minimum absolute atomic E-state index is 0.578. The summed E-state index contributed by atoms with van der Waals surface area (Å²) in [5, 5.41) is 7.55. The third-order valence-electron chi connectivity index (χ3n) is 2.99. The van der Waals surface area contributed by atoms with Gasteiger partial charge in [0.25, 0.3) is 0 Å². The molecular formula is C16H18ClN3S. The molecule has 0 radical (unpaired) electrons. The average Bonchev–Trinajstić information content (AvgIpc) is 2.45. The lowest BCUT2D eigenvalue weighted by atomic mass is 10.2. The first kappa shape index (κ1) is 15.6. The molecule has 110 valence electrons. The van der Waals surface area contributed by atoms with Gasteiger partial charge in [0.15, 0.2) is 5.11 Å². The fourth-order valence-corrected chi connectivity index (χ4v) is 2.22. The second-order valence-corrected chi connectivity index (χ2v) is 5.72. The molecule has 0 saturated heterocycles. The summed E-state index contributed by atoms with van der Waals surface area (Å²) >= 11 is 11.2. The number of nitrogens with zero attached hydrogens (tertiary/aromatic N) is 1. The Morgan fingerprint density at radius 1 is 1.14 bits per heavy atom. The van der Waals surface area contributed by atoms with Crippen LogP contribution in [-0.2, 0) is 6.54 Å². The minimum atomic E-state index is 0.578. The van der Waals surface area contributed by atoms with Crippen molar-refractivity contribution in [2.24, 2.45) is 0 Å². The number of halogens is 1. The maximum absolute atomic E-state index is 5.93. The highest BCUT2D eigenvalue weighted by Gasteiger charge is 2.00. The maximum Gasteiger partial charge on any atom is 0.171 e. The molecular weight excluding hydrogens is 302 g/mol. The molecule has 2 aromatic rings. The van der Waals surface area contributed by atoms with Gasteiger partial charge in [0.1, 0.15) is 0 Å². The van der Waals surface area contributed by atoms with Gasteiger partial charge in [-0.15, -0.1) is 0 Å². The molecule has 0 saturated carbocycles. The first-order valence-corrected chi connectivity index (χ1v) is 7.40. The molecule has 2 rings (SSSR count). The van der Waals surface area contributed by atoms with Crippen LogP contribution < -0.4 is 15.5 Å². The second kappa shape index (κ2) is 7.29. The molecule has 0 unspecified atom stereocenters. The minimum Gasteiger partial charge on any atom is -0.378 e. The van der Waals surface area contributed by atoms with E-state index in [9.17, 15) is 0 Å². The highest BCUT2D eigenvalue weighted by Crippen LogP contribution is 2.15. The number of hydrogen-bond acceptors (Lipinski definition) is 2. The normalized spacial score (nSPS) is 10.0. The van der Waals surface area contributed by atoms with E-state index in [1.54, 1.807) is 0 Å². The van der Waals surface area contributed by atoms with Crippen molar-refractivity contribution in [2.75, 3.05) is 24.3 Å². The van der Waals surface area contributed by atoms with Crippen molar-refractivity contribution in [3.8, 4) is 0 Å². The van der Waals surface area contributed by atoms with E-state index in [1.807, 2.05) is 38.4 Å². The average molecular weight is 320 g/mol. The van der Waals surface area contributed by atoms with Crippen molar-refractivity contribution in [1.82, 2.24) is 5.32 Å². The van der Waals surface area contributed by atoms with Crippen LogP contribution in [0, 0.1) is 0 Å². The Balaban J connectivity index is 1.86. The number of benzene rings is 2. The van der Waals surface area contributed by atoms with E-state index in [1.165, 1.54) is 11.3 Å². The smallest absolute Gasteiger partial charge is 0.171 e. The van der Waals surface area contributed by atoms with Crippen LogP contribution in [0.4, 0.5) is 11.4 Å². The zero-order chi connectivity index (χ0) is 15.2.